The van der Waals surface area contributed by atoms with Gasteiger partial charge in [-0.1, -0.05) is 6.07 Å². The van der Waals surface area contributed by atoms with Crippen molar-refractivity contribution in [3.63, 3.8) is 0 Å². The van der Waals surface area contributed by atoms with Crippen LogP contribution in [0.15, 0.2) is 48.5 Å². The van der Waals surface area contributed by atoms with Gasteiger partial charge in [0.15, 0.2) is 0 Å². The summed E-state index contributed by atoms with van der Waals surface area (Å²) < 4.78 is 37.3. The molecule has 0 aliphatic carbocycles. The fraction of sp³-hybridized carbons (Fsp3) is 0.278. The van der Waals surface area contributed by atoms with Crippen molar-refractivity contribution >= 4 is 5.91 Å². The van der Waals surface area contributed by atoms with Crippen LogP contribution in [0.3, 0.4) is 0 Å². The first-order valence-corrected chi connectivity index (χ1v) is 7.66. The van der Waals surface area contributed by atoms with Gasteiger partial charge in [-0.05, 0) is 42.5 Å². The number of morpholine rings is 1. The smallest absolute Gasteiger partial charge is 0.254 e. The van der Waals surface area contributed by atoms with E-state index in [0.29, 0.717) is 31.0 Å². The summed E-state index contributed by atoms with van der Waals surface area (Å²) >= 11 is 0. The van der Waals surface area contributed by atoms with Gasteiger partial charge in [0.05, 0.1) is 13.2 Å². The Hall–Kier alpha value is -2.47. The maximum Gasteiger partial charge on any atom is 0.254 e. The molecule has 1 aliphatic heterocycles. The van der Waals surface area contributed by atoms with E-state index in [9.17, 15) is 13.6 Å². The highest BCUT2D eigenvalue weighted by Gasteiger charge is 2.25. The van der Waals surface area contributed by atoms with E-state index in [0.717, 1.165) is 0 Å². The van der Waals surface area contributed by atoms with Crippen LogP contribution in [0.4, 0.5) is 8.78 Å². The second kappa shape index (κ2) is 7.40. The second-order valence-electron chi connectivity index (χ2n) is 5.52. The second-order valence-corrected chi connectivity index (χ2v) is 5.52. The quantitative estimate of drug-likeness (QED) is 0.864. The van der Waals surface area contributed by atoms with Crippen LogP contribution in [-0.4, -0.2) is 43.2 Å². The van der Waals surface area contributed by atoms with Crippen molar-refractivity contribution in [2.45, 2.75) is 6.10 Å². The maximum atomic E-state index is 13.3. The summed E-state index contributed by atoms with van der Waals surface area (Å²) in [5.74, 6) is -0.466. The highest BCUT2D eigenvalue weighted by atomic mass is 19.1. The van der Waals surface area contributed by atoms with Crippen molar-refractivity contribution < 1.29 is 23.0 Å². The van der Waals surface area contributed by atoms with E-state index in [2.05, 4.69) is 0 Å². The number of nitrogens with zero attached hydrogens (tertiary/aromatic N) is 1. The molecule has 24 heavy (non-hydrogen) atoms. The fourth-order valence-corrected chi connectivity index (χ4v) is 2.53. The minimum absolute atomic E-state index is 0.232. The summed E-state index contributed by atoms with van der Waals surface area (Å²) in [6.07, 6.45) is -0.290. The van der Waals surface area contributed by atoms with Crippen LogP contribution >= 0.6 is 0 Å². The Morgan fingerprint density at radius 3 is 2.71 bits per heavy atom. The van der Waals surface area contributed by atoms with Crippen molar-refractivity contribution in [3.8, 4) is 5.75 Å². The monoisotopic (exact) mass is 333 g/mol. The number of halogens is 2. The van der Waals surface area contributed by atoms with Gasteiger partial charge >= 0.3 is 0 Å². The van der Waals surface area contributed by atoms with Crippen LogP contribution in [-0.2, 0) is 4.74 Å². The highest BCUT2D eigenvalue weighted by molar-refractivity contribution is 5.94. The van der Waals surface area contributed by atoms with E-state index in [1.165, 1.54) is 42.5 Å². The van der Waals surface area contributed by atoms with Gasteiger partial charge in [0.2, 0.25) is 0 Å². The standard InChI is InChI=1S/C18H17F2NO3/c19-14-4-6-16(7-5-14)24-12-17-11-21(8-9-23-17)18(22)13-2-1-3-15(20)10-13/h1-7,10,17H,8-9,11-12H2/t17-/m0/s1. The lowest BCUT2D eigenvalue weighted by atomic mass is 10.1. The zero-order valence-corrected chi connectivity index (χ0v) is 13.0. The topological polar surface area (TPSA) is 38.8 Å². The molecule has 3 rings (SSSR count). The third kappa shape index (κ3) is 4.08. The number of rotatable bonds is 4. The molecule has 0 N–H and O–H groups in total. The molecular weight excluding hydrogens is 316 g/mol. The first-order chi connectivity index (χ1) is 11.6. The Bertz CT molecular complexity index is 706. The summed E-state index contributed by atoms with van der Waals surface area (Å²) in [6, 6.07) is 11.3. The Morgan fingerprint density at radius 2 is 1.96 bits per heavy atom. The third-order valence-corrected chi connectivity index (χ3v) is 3.75. The average Bonchev–Trinajstić information content (AvgIpc) is 2.61. The van der Waals surface area contributed by atoms with Crippen LogP contribution in [0.2, 0.25) is 0 Å². The van der Waals surface area contributed by atoms with Gasteiger partial charge < -0.3 is 14.4 Å². The Kier molecular flexibility index (Phi) is 5.05. The summed E-state index contributed by atoms with van der Waals surface area (Å²) in [6.45, 7) is 1.44. The molecule has 0 spiro atoms. The molecule has 4 nitrogen and oxygen atoms in total. The predicted octanol–water partition coefficient (Wildman–Crippen LogP) is 2.88. The molecule has 0 aromatic heterocycles. The zero-order chi connectivity index (χ0) is 16.9. The molecule has 126 valence electrons. The molecule has 1 amide bonds. The van der Waals surface area contributed by atoms with Crippen LogP contribution in [0, 0.1) is 11.6 Å². The molecule has 2 aromatic rings. The molecule has 1 fully saturated rings. The van der Waals surface area contributed by atoms with E-state index in [4.69, 9.17) is 9.47 Å². The molecule has 1 saturated heterocycles. The van der Waals surface area contributed by atoms with Crippen LogP contribution < -0.4 is 4.74 Å². The molecule has 0 radical (unpaired) electrons. The molecule has 1 heterocycles. The van der Waals surface area contributed by atoms with Gasteiger partial charge in [-0.25, -0.2) is 8.78 Å². The fourth-order valence-electron chi connectivity index (χ4n) is 2.53. The van der Waals surface area contributed by atoms with E-state index < -0.39 is 5.82 Å². The van der Waals surface area contributed by atoms with Crippen molar-refractivity contribution in [2.75, 3.05) is 26.3 Å². The van der Waals surface area contributed by atoms with Crippen molar-refractivity contribution in [1.29, 1.82) is 0 Å². The van der Waals surface area contributed by atoms with E-state index >= 15 is 0 Å². The summed E-state index contributed by atoms with van der Waals surface area (Å²) in [7, 11) is 0. The van der Waals surface area contributed by atoms with Crippen molar-refractivity contribution in [2.24, 2.45) is 0 Å². The number of carbonyl (C=O) groups excluding carboxylic acids is 1. The van der Waals surface area contributed by atoms with E-state index in [1.807, 2.05) is 0 Å². The Labute approximate surface area is 138 Å². The lowest BCUT2D eigenvalue weighted by Crippen LogP contribution is -2.47. The highest BCUT2D eigenvalue weighted by Crippen LogP contribution is 2.15. The molecule has 1 atom stereocenters. The van der Waals surface area contributed by atoms with Crippen LogP contribution in [0.1, 0.15) is 10.4 Å². The molecule has 1 aliphatic rings. The third-order valence-electron chi connectivity index (χ3n) is 3.75. The SMILES string of the molecule is O=C(c1cccc(F)c1)N1CCO[C@H](COc2ccc(F)cc2)C1. The number of benzene rings is 2. The lowest BCUT2D eigenvalue weighted by Gasteiger charge is -2.32. The largest absolute Gasteiger partial charge is 0.491 e. The van der Waals surface area contributed by atoms with Gasteiger partial charge in [-0.3, -0.25) is 4.79 Å². The number of carbonyl (C=O) groups is 1. The molecule has 0 saturated carbocycles. The molecule has 0 unspecified atom stereocenters. The van der Waals surface area contributed by atoms with E-state index in [-0.39, 0.29) is 24.4 Å². The lowest BCUT2D eigenvalue weighted by molar-refractivity contribution is -0.0401. The Balaban J connectivity index is 1.57. The summed E-state index contributed by atoms with van der Waals surface area (Å²) in [4.78, 5) is 14.1. The van der Waals surface area contributed by atoms with Crippen LogP contribution in [0.25, 0.3) is 0 Å². The first-order valence-electron chi connectivity index (χ1n) is 7.66. The van der Waals surface area contributed by atoms with Gasteiger partial charge in [-0.2, -0.15) is 0 Å². The predicted molar refractivity (Wildman–Crippen MR) is 83.9 cm³/mol. The number of amides is 1. The molecular formula is C18H17F2NO3. The number of hydrogen-bond donors (Lipinski definition) is 0. The average molecular weight is 333 g/mol. The van der Waals surface area contributed by atoms with Crippen molar-refractivity contribution in [1.82, 2.24) is 4.90 Å². The Morgan fingerprint density at radius 1 is 1.17 bits per heavy atom. The van der Waals surface area contributed by atoms with Crippen LogP contribution in [0.5, 0.6) is 5.75 Å². The van der Waals surface area contributed by atoms with Gasteiger partial charge in [0, 0.05) is 12.1 Å². The van der Waals surface area contributed by atoms with Gasteiger partial charge in [0.1, 0.15) is 30.1 Å². The van der Waals surface area contributed by atoms with E-state index in [1.54, 1.807) is 11.0 Å². The summed E-state index contributed by atoms with van der Waals surface area (Å²) in [5, 5.41) is 0. The first kappa shape index (κ1) is 16.4. The zero-order valence-electron chi connectivity index (χ0n) is 13.0. The summed E-state index contributed by atoms with van der Waals surface area (Å²) in [5.41, 5.74) is 0.315. The number of ether oxygens (including phenoxy) is 2. The number of hydrogen-bond acceptors (Lipinski definition) is 3. The molecule has 0 bridgehead atoms. The minimum atomic E-state index is -0.440. The van der Waals surface area contributed by atoms with Gasteiger partial charge in [0.25, 0.3) is 5.91 Å². The van der Waals surface area contributed by atoms with Crippen molar-refractivity contribution in [3.05, 3.63) is 65.7 Å². The molecule has 6 heteroatoms. The molecule has 2 aromatic carbocycles. The van der Waals surface area contributed by atoms with Gasteiger partial charge in [-0.15, -0.1) is 0 Å². The maximum absolute atomic E-state index is 13.3. The normalized spacial score (nSPS) is 17.6. The minimum Gasteiger partial charge on any atom is -0.491 e.